The van der Waals surface area contributed by atoms with Crippen molar-refractivity contribution in [3.63, 3.8) is 0 Å². The van der Waals surface area contributed by atoms with Crippen molar-refractivity contribution in [2.45, 2.75) is 31.7 Å². The molecule has 0 saturated carbocycles. The van der Waals surface area contributed by atoms with E-state index < -0.39 is 0 Å². The van der Waals surface area contributed by atoms with Crippen molar-refractivity contribution in [1.29, 1.82) is 0 Å². The molecule has 0 unspecified atom stereocenters. The molecule has 0 spiro atoms. The summed E-state index contributed by atoms with van der Waals surface area (Å²) in [6, 6.07) is 19.6. The number of nitrogens with one attached hydrogen (secondary N) is 2. The number of ketones is 1. The number of carbonyl (C=O) groups excluding carboxylic acids is 1. The molecule has 2 N–H and O–H groups in total. The van der Waals surface area contributed by atoms with Gasteiger partial charge in [0.25, 0.3) is 0 Å². The summed E-state index contributed by atoms with van der Waals surface area (Å²) in [6.45, 7) is 2.54. The number of methoxy groups -OCH3 is 3. The van der Waals surface area contributed by atoms with Gasteiger partial charge in [0.1, 0.15) is 5.75 Å². The van der Waals surface area contributed by atoms with Gasteiger partial charge in [0.2, 0.25) is 5.75 Å². The monoisotopic (exact) mass is 500 g/mol. The molecule has 0 aromatic heterocycles. The summed E-state index contributed by atoms with van der Waals surface area (Å²) >= 11 is 0. The van der Waals surface area contributed by atoms with Crippen LogP contribution in [0.5, 0.6) is 23.0 Å². The largest absolute Gasteiger partial charge is 0.494 e. The number of hydrogen-bond donors (Lipinski definition) is 2. The molecule has 0 bridgehead atoms. The molecular weight excluding hydrogens is 468 g/mol. The molecule has 0 saturated heterocycles. The second-order valence-electron chi connectivity index (χ2n) is 9.13. The minimum Gasteiger partial charge on any atom is -0.494 e. The molecule has 0 fully saturated rings. The van der Waals surface area contributed by atoms with Gasteiger partial charge in [-0.2, -0.15) is 0 Å². The lowest BCUT2D eigenvalue weighted by molar-refractivity contribution is -0.116. The van der Waals surface area contributed by atoms with Crippen LogP contribution in [0.4, 0.5) is 11.4 Å². The van der Waals surface area contributed by atoms with E-state index in [1.807, 2.05) is 67.6 Å². The van der Waals surface area contributed by atoms with E-state index in [-0.39, 0.29) is 17.7 Å². The van der Waals surface area contributed by atoms with Gasteiger partial charge in [0.15, 0.2) is 17.3 Å². The third kappa shape index (κ3) is 4.69. The number of ether oxygens (including phenoxy) is 4. The maximum atomic E-state index is 13.9. The van der Waals surface area contributed by atoms with Crippen molar-refractivity contribution in [1.82, 2.24) is 0 Å². The van der Waals surface area contributed by atoms with Crippen LogP contribution in [0.25, 0.3) is 0 Å². The van der Waals surface area contributed by atoms with Crippen molar-refractivity contribution >= 4 is 17.2 Å². The van der Waals surface area contributed by atoms with E-state index in [2.05, 4.69) is 10.6 Å². The molecule has 0 radical (unpaired) electrons. The topological polar surface area (TPSA) is 78.1 Å². The zero-order chi connectivity index (χ0) is 25.9. The molecule has 1 heterocycles. The Kier molecular flexibility index (Phi) is 6.95. The first-order valence-corrected chi connectivity index (χ1v) is 12.5. The van der Waals surface area contributed by atoms with Crippen LogP contribution in [0.1, 0.15) is 42.9 Å². The highest BCUT2D eigenvalue weighted by Crippen LogP contribution is 2.47. The number of carbonyl (C=O) groups is 1. The lowest BCUT2D eigenvalue weighted by Crippen LogP contribution is -2.27. The van der Waals surface area contributed by atoms with Crippen LogP contribution in [0.15, 0.2) is 71.9 Å². The summed E-state index contributed by atoms with van der Waals surface area (Å²) in [4.78, 5) is 13.9. The van der Waals surface area contributed by atoms with Crippen molar-refractivity contribution in [3.05, 3.63) is 83.1 Å². The summed E-state index contributed by atoms with van der Waals surface area (Å²) in [5.74, 6) is 2.53. The number of para-hydroxylation sites is 2. The quantitative estimate of drug-likeness (QED) is 0.406. The summed E-state index contributed by atoms with van der Waals surface area (Å²) < 4.78 is 22.4. The number of Topliss-reactive ketones (excluding diaryl/α,β-unsaturated/α-hetero) is 1. The number of benzene rings is 3. The highest BCUT2D eigenvalue weighted by atomic mass is 16.5. The first-order chi connectivity index (χ1) is 18.1. The zero-order valence-corrected chi connectivity index (χ0v) is 21.6. The van der Waals surface area contributed by atoms with Crippen molar-refractivity contribution in [3.8, 4) is 23.0 Å². The number of anilines is 2. The van der Waals surface area contributed by atoms with E-state index in [1.165, 1.54) is 0 Å². The van der Waals surface area contributed by atoms with Gasteiger partial charge in [0.05, 0.1) is 45.4 Å². The number of allylic oxidation sites excluding steroid dienone is 1. The van der Waals surface area contributed by atoms with Crippen molar-refractivity contribution < 1.29 is 23.7 Å². The molecule has 0 amide bonds. The van der Waals surface area contributed by atoms with Crippen LogP contribution >= 0.6 is 0 Å². The predicted molar refractivity (Wildman–Crippen MR) is 144 cm³/mol. The molecular formula is C30H32N2O5. The predicted octanol–water partition coefficient (Wildman–Crippen LogP) is 6.09. The van der Waals surface area contributed by atoms with E-state index in [1.54, 1.807) is 21.3 Å². The smallest absolute Gasteiger partial charge is 0.203 e. The van der Waals surface area contributed by atoms with Gasteiger partial charge in [-0.1, -0.05) is 24.3 Å². The normalized spacial score (nSPS) is 18.5. The van der Waals surface area contributed by atoms with E-state index in [9.17, 15) is 4.79 Å². The summed E-state index contributed by atoms with van der Waals surface area (Å²) in [7, 11) is 4.79. The lowest BCUT2D eigenvalue weighted by atomic mass is 9.78. The second kappa shape index (κ2) is 10.5. The summed E-state index contributed by atoms with van der Waals surface area (Å²) in [6.07, 6.45) is 1.04. The molecule has 7 nitrogen and oxygen atoms in total. The molecule has 3 aromatic rings. The fourth-order valence-electron chi connectivity index (χ4n) is 5.27. The average molecular weight is 501 g/mol. The Labute approximate surface area is 217 Å². The van der Waals surface area contributed by atoms with Crippen LogP contribution in [0.3, 0.4) is 0 Å². The van der Waals surface area contributed by atoms with Crippen LogP contribution < -0.4 is 29.6 Å². The Morgan fingerprint density at radius 1 is 0.838 bits per heavy atom. The van der Waals surface area contributed by atoms with Crippen LogP contribution in [0, 0.1) is 0 Å². The molecule has 37 heavy (non-hydrogen) atoms. The molecule has 1 aliphatic carbocycles. The maximum Gasteiger partial charge on any atom is 0.203 e. The average Bonchev–Trinajstić information content (AvgIpc) is 3.09. The van der Waals surface area contributed by atoms with Crippen molar-refractivity contribution in [2.75, 3.05) is 38.6 Å². The minimum absolute atomic E-state index is 0.0480. The molecule has 5 rings (SSSR count). The third-order valence-corrected chi connectivity index (χ3v) is 6.97. The Bertz CT molecular complexity index is 1320. The molecule has 3 aromatic carbocycles. The molecule has 192 valence electrons. The van der Waals surface area contributed by atoms with E-state index in [0.717, 1.165) is 39.5 Å². The Morgan fingerprint density at radius 3 is 2.24 bits per heavy atom. The van der Waals surface area contributed by atoms with Crippen LogP contribution in [0.2, 0.25) is 0 Å². The molecule has 2 aliphatic rings. The van der Waals surface area contributed by atoms with Crippen LogP contribution in [-0.2, 0) is 4.79 Å². The van der Waals surface area contributed by atoms with E-state index in [0.29, 0.717) is 36.7 Å². The van der Waals surface area contributed by atoms with E-state index >= 15 is 0 Å². The summed E-state index contributed by atoms with van der Waals surface area (Å²) in [5, 5.41) is 7.22. The number of hydrogen-bond acceptors (Lipinski definition) is 7. The van der Waals surface area contributed by atoms with Gasteiger partial charge in [-0.05, 0) is 66.8 Å². The standard InChI is InChI=1S/C30H32N2O5/c1-5-37-21-10-8-9-18(13-21)29-28-24(31-22-11-6-7-12-23(22)32-29)14-19(15-25(28)33)20-16-26(34-2)30(36-4)27(17-20)35-3/h6-13,16-17,19,29,31-32H,5,14-15H2,1-4H3/t19-,29-/m0/s1. The maximum absolute atomic E-state index is 13.9. The summed E-state index contributed by atoms with van der Waals surface area (Å²) in [5.41, 5.74) is 5.51. The van der Waals surface area contributed by atoms with Gasteiger partial charge < -0.3 is 29.6 Å². The molecule has 1 aliphatic heterocycles. The number of rotatable bonds is 7. The molecule has 2 atom stereocenters. The van der Waals surface area contributed by atoms with Gasteiger partial charge in [-0.25, -0.2) is 0 Å². The van der Waals surface area contributed by atoms with Crippen molar-refractivity contribution in [2.24, 2.45) is 0 Å². The Hall–Kier alpha value is -4.13. The zero-order valence-electron chi connectivity index (χ0n) is 21.6. The fourth-order valence-corrected chi connectivity index (χ4v) is 5.27. The second-order valence-corrected chi connectivity index (χ2v) is 9.13. The minimum atomic E-state index is -0.306. The fraction of sp³-hybridized carbons (Fsp3) is 0.300. The van der Waals surface area contributed by atoms with Gasteiger partial charge in [-0.15, -0.1) is 0 Å². The Morgan fingerprint density at radius 2 is 1.57 bits per heavy atom. The SMILES string of the molecule is CCOc1cccc([C@@H]2Nc3ccccc3NC3=C2C(=O)C[C@@H](c2cc(OC)c(OC)c(OC)c2)C3)c1. The van der Waals surface area contributed by atoms with Gasteiger partial charge in [-0.3, -0.25) is 4.79 Å². The van der Waals surface area contributed by atoms with E-state index in [4.69, 9.17) is 18.9 Å². The highest BCUT2D eigenvalue weighted by Gasteiger charge is 2.36. The first kappa shape index (κ1) is 24.6. The Balaban J connectivity index is 1.59. The van der Waals surface area contributed by atoms with Crippen LogP contribution in [-0.4, -0.2) is 33.7 Å². The third-order valence-electron chi connectivity index (χ3n) is 6.97. The van der Waals surface area contributed by atoms with Gasteiger partial charge >= 0.3 is 0 Å². The lowest BCUT2D eigenvalue weighted by Gasteiger charge is -2.30. The molecule has 7 heteroatoms. The number of fused-ring (bicyclic) bond motifs is 1. The first-order valence-electron chi connectivity index (χ1n) is 12.5. The highest BCUT2D eigenvalue weighted by molar-refractivity contribution is 6.01. The van der Waals surface area contributed by atoms with Gasteiger partial charge in [0, 0.05) is 17.7 Å².